The third kappa shape index (κ3) is 1.52. The van der Waals surface area contributed by atoms with Crippen LogP contribution in [0, 0.1) is 0 Å². The molecule has 1 saturated carbocycles. The molecule has 0 saturated heterocycles. The van der Waals surface area contributed by atoms with E-state index in [1.165, 1.54) is 0 Å². The molecular weight excluding hydrogens is 234 g/mol. The van der Waals surface area contributed by atoms with Gasteiger partial charge in [0.2, 0.25) is 5.88 Å². The van der Waals surface area contributed by atoms with Crippen LogP contribution in [0.4, 0.5) is 0 Å². The lowest BCUT2D eigenvalue weighted by atomic mass is 9.72. The van der Waals surface area contributed by atoms with E-state index in [1.54, 1.807) is 0 Å². The minimum atomic E-state index is -0.514. The summed E-state index contributed by atoms with van der Waals surface area (Å²) in [7, 11) is 0. The van der Waals surface area contributed by atoms with Crippen molar-refractivity contribution >= 4 is 0 Å². The maximum atomic E-state index is 11.9. The molecule has 1 aliphatic carbocycles. The van der Waals surface area contributed by atoms with Crippen molar-refractivity contribution in [3.63, 3.8) is 0 Å². The molecule has 2 unspecified atom stereocenters. The summed E-state index contributed by atoms with van der Waals surface area (Å²) in [6, 6.07) is 0. The van der Waals surface area contributed by atoms with Gasteiger partial charge in [0.1, 0.15) is 5.60 Å². The number of fused-ring (bicyclic) bond motifs is 3. The molecule has 6 heteroatoms. The van der Waals surface area contributed by atoms with E-state index in [0.717, 1.165) is 25.7 Å². The highest BCUT2D eigenvalue weighted by molar-refractivity contribution is 5.36. The molecule has 0 amide bonds. The van der Waals surface area contributed by atoms with Crippen molar-refractivity contribution in [2.24, 2.45) is 5.73 Å². The van der Waals surface area contributed by atoms with Crippen LogP contribution < -0.4 is 21.7 Å². The summed E-state index contributed by atoms with van der Waals surface area (Å²) in [6.45, 7) is 0.520. The highest BCUT2D eigenvalue weighted by Crippen LogP contribution is 2.51. The summed E-state index contributed by atoms with van der Waals surface area (Å²) in [4.78, 5) is 28.1. The van der Waals surface area contributed by atoms with Gasteiger partial charge < -0.3 is 10.5 Å². The molecule has 4 N–H and O–H groups in total. The van der Waals surface area contributed by atoms with Gasteiger partial charge in [-0.2, -0.15) is 0 Å². The van der Waals surface area contributed by atoms with E-state index in [-0.39, 0.29) is 17.1 Å². The molecule has 0 bridgehead atoms. The van der Waals surface area contributed by atoms with Gasteiger partial charge in [0, 0.05) is 12.3 Å². The second-order valence-electron chi connectivity index (χ2n) is 5.15. The second-order valence-corrected chi connectivity index (χ2v) is 5.15. The van der Waals surface area contributed by atoms with E-state index in [1.807, 2.05) is 0 Å². The zero-order valence-electron chi connectivity index (χ0n) is 10.1. The number of nitrogens with two attached hydrogens (primary N) is 1. The van der Waals surface area contributed by atoms with E-state index in [4.69, 9.17) is 10.5 Å². The lowest BCUT2D eigenvalue weighted by Gasteiger charge is -2.37. The predicted molar refractivity (Wildman–Crippen MR) is 65.9 cm³/mol. The molecule has 98 valence electrons. The Morgan fingerprint density at radius 1 is 1.33 bits per heavy atom. The Hall–Kier alpha value is -1.56. The largest absolute Gasteiger partial charge is 0.471 e. The number of aromatic amines is 2. The molecule has 3 rings (SSSR count). The first-order valence-electron chi connectivity index (χ1n) is 6.42. The summed E-state index contributed by atoms with van der Waals surface area (Å²) in [5.41, 5.74) is 5.06. The minimum Gasteiger partial charge on any atom is -0.471 e. The van der Waals surface area contributed by atoms with Gasteiger partial charge in [-0.25, -0.2) is 4.79 Å². The van der Waals surface area contributed by atoms with E-state index < -0.39 is 5.69 Å². The Balaban J connectivity index is 2.13. The predicted octanol–water partition coefficient (Wildman–Crippen LogP) is 0.201. The monoisotopic (exact) mass is 251 g/mol. The number of nitrogens with one attached hydrogen (secondary N) is 2. The van der Waals surface area contributed by atoms with Gasteiger partial charge in [-0.3, -0.25) is 14.8 Å². The van der Waals surface area contributed by atoms with Crippen LogP contribution in [-0.4, -0.2) is 22.1 Å². The summed E-state index contributed by atoms with van der Waals surface area (Å²) in [5, 5.41) is 0. The van der Waals surface area contributed by atoms with Gasteiger partial charge in [0.25, 0.3) is 5.56 Å². The van der Waals surface area contributed by atoms with Crippen LogP contribution in [-0.2, 0) is 0 Å². The van der Waals surface area contributed by atoms with Gasteiger partial charge in [-0.1, -0.05) is 6.42 Å². The van der Waals surface area contributed by atoms with Crippen LogP contribution in [0.15, 0.2) is 9.59 Å². The zero-order chi connectivity index (χ0) is 12.8. The number of aromatic nitrogens is 2. The molecule has 2 aliphatic rings. The van der Waals surface area contributed by atoms with Gasteiger partial charge in [0.15, 0.2) is 0 Å². The fourth-order valence-corrected chi connectivity index (χ4v) is 3.41. The van der Waals surface area contributed by atoms with Gasteiger partial charge in [0.05, 0.1) is 5.56 Å². The van der Waals surface area contributed by atoms with E-state index in [2.05, 4.69) is 9.97 Å². The molecule has 1 aromatic heterocycles. The first-order valence-corrected chi connectivity index (χ1v) is 6.42. The van der Waals surface area contributed by atoms with Crippen LogP contribution in [0.1, 0.15) is 43.6 Å². The molecule has 1 aromatic rings. The minimum absolute atomic E-state index is 0.0606. The topological polar surface area (TPSA) is 101 Å². The molecule has 6 nitrogen and oxygen atoms in total. The van der Waals surface area contributed by atoms with Gasteiger partial charge in [-0.05, 0) is 25.8 Å². The van der Waals surface area contributed by atoms with Gasteiger partial charge in [-0.15, -0.1) is 0 Å². The molecule has 0 radical (unpaired) electrons. The van der Waals surface area contributed by atoms with E-state index >= 15 is 0 Å². The third-order valence-electron chi connectivity index (χ3n) is 4.14. The van der Waals surface area contributed by atoms with Crippen LogP contribution in [0.2, 0.25) is 0 Å². The summed E-state index contributed by atoms with van der Waals surface area (Å²) >= 11 is 0. The van der Waals surface area contributed by atoms with Crippen LogP contribution in [0.3, 0.4) is 0 Å². The Labute approximate surface area is 104 Å². The fraction of sp³-hybridized carbons (Fsp3) is 0.667. The number of hydrogen-bond donors (Lipinski definition) is 3. The van der Waals surface area contributed by atoms with E-state index in [0.29, 0.717) is 24.4 Å². The van der Waals surface area contributed by atoms with Crippen molar-refractivity contribution in [2.45, 2.75) is 43.6 Å². The Morgan fingerprint density at radius 3 is 2.94 bits per heavy atom. The Morgan fingerprint density at radius 2 is 2.17 bits per heavy atom. The maximum absolute atomic E-state index is 11.9. The first kappa shape index (κ1) is 11.5. The van der Waals surface area contributed by atoms with Crippen molar-refractivity contribution < 1.29 is 4.74 Å². The molecule has 0 spiro atoms. The SMILES string of the molecule is NCCC12CCCCC1c1c([nH]c(=O)[nH]c1=O)O2. The highest BCUT2D eigenvalue weighted by atomic mass is 16.5. The third-order valence-corrected chi connectivity index (χ3v) is 4.14. The number of hydrogen-bond acceptors (Lipinski definition) is 4. The molecule has 18 heavy (non-hydrogen) atoms. The normalized spacial score (nSPS) is 29.5. The van der Waals surface area contributed by atoms with Gasteiger partial charge >= 0.3 is 5.69 Å². The Kier molecular flexibility index (Phi) is 2.55. The van der Waals surface area contributed by atoms with Crippen molar-refractivity contribution in [3.05, 3.63) is 26.4 Å². The second kappa shape index (κ2) is 3.98. The molecule has 1 fully saturated rings. The smallest absolute Gasteiger partial charge is 0.328 e. The van der Waals surface area contributed by atoms with E-state index in [9.17, 15) is 9.59 Å². The fourth-order valence-electron chi connectivity index (χ4n) is 3.41. The zero-order valence-corrected chi connectivity index (χ0v) is 10.1. The molecule has 1 aliphatic heterocycles. The Bertz CT molecular complexity index is 573. The van der Waals surface area contributed by atoms with Crippen molar-refractivity contribution in [3.8, 4) is 5.88 Å². The van der Waals surface area contributed by atoms with Crippen molar-refractivity contribution in [1.29, 1.82) is 0 Å². The standard InChI is InChI=1S/C12H17N3O3/c13-6-5-12-4-2-1-3-7(12)8-9(16)14-11(17)15-10(8)18-12/h7H,1-6,13H2,(H2,14,15,16,17). The molecule has 0 aromatic carbocycles. The molecule has 2 heterocycles. The maximum Gasteiger partial charge on any atom is 0.328 e. The lowest BCUT2D eigenvalue weighted by Crippen LogP contribution is -2.43. The quantitative estimate of drug-likeness (QED) is 0.699. The summed E-state index contributed by atoms with van der Waals surface area (Å²) in [5.74, 6) is 0.412. The lowest BCUT2D eigenvalue weighted by molar-refractivity contribution is 0.0265. The van der Waals surface area contributed by atoms with Crippen LogP contribution in [0.5, 0.6) is 5.88 Å². The average Bonchev–Trinajstić information content (AvgIpc) is 2.62. The van der Waals surface area contributed by atoms with Crippen LogP contribution >= 0.6 is 0 Å². The number of ether oxygens (including phenoxy) is 1. The summed E-state index contributed by atoms with van der Waals surface area (Å²) in [6.07, 6.45) is 4.69. The average molecular weight is 251 g/mol. The molecule has 2 atom stereocenters. The van der Waals surface area contributed by atoms with Crippen molar-refractivity contribution in [2.75, 3.05) is 6.54 Å². The number of H-pyrrole nitrogens is 2. The van der Waals surface area contributed by atoms with Crippen LogP contribution in [0.25, 0.3) is 0 Å². The molecular formula is C12H17N3O3. The highest BCUT2D eigenvalue weighted by Gasteiger charge is 2.50. The number of rotatable bonds is 2. The summed E-state index contributed by atoms with van der Waals surface area (Å²) < 4.78 is 5.94. The first-order chi connectivity index (χ1) is 8.66. The van der Waals surface area contributed by atoms with Crippen molar-refractivity contribution in [1.82, 2.24) is 9.97 Å².